The van der Waals surface area contributed by atoms with Gasteiger partial charge in [0.1, 0.15) is 12.2 Å². The van der Waals surface area contributed by atoms with Crippen molar-refractivity contribution in [1.82, 2.24) is 0 Å². The van der Waals surface area contributed by atoms with Crippen molar-refractivity contribution in [1.29, 1.82) is 0 Å². The van der Waals surface area contributed by atoms with Gasteiger partial charge in [0.05, 0.1) is 7.11 Å². The van der Waals surface area contributed by atoms with Crippen LogP contribution in [0.15, 0.2) is 24.3 Å². The first-order valence-electron chi connectivity index (χ1n) is 8.91. The average molecular weight is 364 g/mol. The Kier molecular flexibility index (Phi) is 5.94. The van der Waals surface area contributed by atoms with E-state index in [9.17, 15) is 14.4 Å². The first-order chi connectivity index (χ1) is 12.1. The normalized spacial score (nSPS) is 33.6. The lowest BCUT2D eigenvalue weighted by molar-refractivity contribution is -0.180. The number of fused-ring (bicyclic) bond motifs is 1. The van der Waals surface area contributed by atoms with Crippen molar-refractivity contribution in [3.05, 3.63) is 24.3 Å². The Morgan fingerprint density at radius 3 is 2.27 bits per heavy atom. The molecule has 0 N–H and O–H groups in total. The quantitative estimate of drug-likeness (QED) is 0.330. The van der Waals surface area contributed by atoms with Crippen molar-refractivity contribution in [2.45, 2.75) is 58.7 Å². The molecule has 2 fully saturated rings. The van der Waals surface area contributed by atoms with Gasteiger partial charge in [-0.05, 0) is 25.7 Å². The molecule has 2 rings (SSSR count). The van der Waals surface area contributed by atoms with Crippen molar-refractivity contribution in [3.8, 4) is 0 Å². The maximum atomic E-state index is 12.0. The van der Waals surface area contributed by atoms with E-state index in [0.717, 1.165) is 5.57 Å². The van der Waals surface area contributed by atoms with E-state index >= 15 is 0 Å². The predicted octanol–water partition coefficient (Wildman–Crippen LogP) is 2.96. The Balaban J connectivity index is 2.43. The van der Waals surface area contributed by atoms with E-state index in [-0.39, 0.29) is 23.9 Å². The molecule has 0 saturated heterocycles. The van der Waals surface area contributed by atoms with Crippen LogP contribution in [0.1, 0.15) is 46.5 Å². The molecule has 0 aromatic carbocycles. The summed E-state index contributed by atoms with van der Waals surface area (Å²) in [7, 11) is 1.30. The largest absolute Gasteiger partial charge is 0.466 e. The van der Waals surface area contributed by atoms with Crippen LogP contribution in [0.5, 0.6) is 0 Å². The van der Waals surface area contributed by atoms with Crippen LogP contribution in [0, 0.1) is 17.3 Å². The SMILES string of the molecule is C=C(C(=O)OC)C1CCC2(C)C(OC(C)=O)CCC(=C)[C@@H]2C1OC(C)=O. The third kappa shape index (κ3) is 3.69. The second kappa shape index (κ2) is 7.64. The molecule has 26 heavy (non-hydrogen) atoms. The van der Waals surface area contributed by atoms with Crippen molar-refractivity contribution in [2.75, 3.05) is 7.11 Å². The van der Waals surface area contributed by atoms with Gasteiger partial charge in [-0.1, -0.05) is 25.7 Å². The third-order valence-corrected chi connectivity index (χ3v) is 5.84. The van der Waals surface area contributed by atoms with E-state index in [4.69, 9.17) is 14.2 Å². The van der Waals surface area contributed by atoms with Gasteiger partial charge < -0.3 is 14.2 Å². The van der Waals surface area contributed by atoms with E-state index in [1.54, 1.807) is 0 Å². The Morgan fingerprint density at radius 2 is 1.73 bits per heavy atom. The summed E-state index contributed by atoms with van der Waals surface area (Å²) in [6, 6.07) is 0. The standard InChI is InChI=1S/C20H28O6/c1-11-7-8-16(25-13(3)21)20(5)10-9-15(12(2)19(23)24-6)18(17(11)20)26-14(4)22/h15-18H,1-2,7-10H2,3-6H3/t15?,16?,17-,18?,20?/m1/s1. The minimum absolute atomic E-state index is 0.218. The Morgan fingerprint density at radius 1 is 1.12 bits per heavy atom. The smallest absolute Gasteiger partial charge is 0.333 e. The zero-order valence-corrected chi connectivity index (χ0v) is 16.0. The number of methoxy groups -OCH3 is 1. The van der Waals surface area contributed by atoms with E-state index < -0.39 is 23.5 Å². The molecule has 2 saturated carbocycles. The van der Waals surface area contributed by atoms with Crippen LogP contribution in [0.4, 0.5) is 0 Å². The molecule has 0 amide bonds. The Hall–Kier alpha value is -2.11. The lowest BCUT2D eigenvalue weighted by Gasteiger charge is -2.55. The zero-order valence-electron chi connectivity index (χ0n) is 16.0. The average Bonchev–Trinajstić information content (AvgIpc) is 2.55. The summed E-state index contributed by atoms with van der Waals surface area (Å²) in [6.45, 7) is 12.9. The van der Waals surface area contributed by atoms with E-state index in [1.165, 1.54) is 21.0 Å². The van der Waals surface area contributed by atoms with Crippen molar-refractivity contribution in [3.63, 3.8) is 0 Å². The second-order valence-corrected chi connectivity index (χ2v) is 7.51. The van der Waals surface area contributed by atoms with Gasteiger partial charge in [-0.3, -0.25) is 9.59 Å². The number of ether oxygens (including phenoxy) is 3. The molecule has 0 radical (unpaired) electrons. The first-order valence-corrected chi connectivity index (χ1v) is 8.91. The molecule has 0 bridgehead atoms. The van der Waals surface area contributed by atoms with Crippen LogP contribution in [0.25, 0.3) is 0 Å². The Bertz CT molecular complexity index is 636. The molecule has 6 nitrogen and oxygen atoms in total. The zero-order chi connectivity index (χ0) is 19.6. The molecule has 2 aliphatic carbocycles. The minimum Gasteiger partial charge on any atom is -0.466 e. The van der Waals surface area contributed by atoms with Gasteiger partial charge in [0.25, 0.3) is 0 Å². The lowest BCUT2D eigenvalue weighted by Crippen LogP contribution is -2.56. The number of hydrogen-bond donors (Lipinski definition) is 0. The highest BCUT2D eigenvalue weighted by atomic mass is 16.6. The number of hydrogen-bond acceptors (Lipinski definition) is 6. The van der Waals surface area contributed by atoms with Crippen molar-refractivity contribution in [2.24, 2.45) is 17.3 Å². The number of rotatable bonds is 4. The molecule has 0 aliphatic heterocycles. The molecule has 6 heteroatoms. The number of esters is 3. The summed E-state index contributed by atoms with van der Waals surface area (Å²) in [4.78, 5) is 35.4. The molecule has 4 unspecified atom stereocenters. The maximum Gasteiger partial charge on any atom is 0.333 e. The van der Waals surface area contributed by atoms with Crippen LogP contribution in [0.3, 0.4) is 0 Å². The van der Waals surface area contributed by atoms with Crippen LogP contribution >= 0.6 is 0 Å². The predicted molar refractivity (Wildman–Crippen MR) is 95.0 cm³/mol. The van der Waals surface area contributed by atoms with Gasteiger partial charge in [0.15, 0.2) is 0 Å². The monoisotopic (exact) mass is 364 g/mol. The second-order valence-electron chi connectivity index (χ2n) is 7.51. The van der Waals surface area contributed by atoms with Gasteiger partial charge in [-0.25, -0.2) is 4.79 Å². The van der Waals surface area contributed by atoms with Crippen LogP contribution in [-0.4, -0.2) is 37.2 Å². The summed E-state index contributed by atoms with van der Waals surface area (Å²) < 4.78 is 16.1. The van der Waals surface area contributed by atoms with Crippen molar-refractivity contribution < 1.29 is 28.6 Å². The third-order valence-electron chi connectivity index (χ3n) is 5.84. The highest BCUT2D eigenvalue weighted by Gasteiger charge is 2.56. The van der Waals surface area contributed by atoms with Crippen LogP contribution in [0.2, 0.25) is 0 Å². The lowest BCUT2D eigenvalue weighted by atomic mass is 9.53. The summed E-state index contributed by atoms with van der Waals surface area (Å²) >= 11 is 0. The van der Waals surface area contributed by atoms with E-state index in [2.05, 4.69) is 13.2 Å². The molecule has 0 spiro atoms. The summed E-state index contributed by atoms with van der Waals surface area (Å²) in [5.74, 6) is -1.83. The first kappa shape index (κ1) is 20.2. The molecule has 5 atom stereocenters. The molecule has 0 heterocycles. The van der Waals surface area contributed by atoms with Gasteiger partial charge in [0.2, 0.25) is 0 Å². The minimum atomic E-state index is -0.580. The molecular formula is C20H28O6. The summed E-state index contributed by atoms with van der Waals surface area (Å²) in [5, 5.41) is 0. The molecule has 0 aromatic heterocycles. The van der Waals surface area contributed by atoms with Gasteiger partial charge >= 0.3 is 17.9 Å². The fourth-order valence-corrected chi connectivity index (χ4v) is 4.65. The summed E-state index contributed by atoms with van der Waals surface area (Å²) in [5.41, 5.74) is 0.835. The van der Waals surface area contributed by atoms with E-state index in [1.807, 2.05) is 6.92 Å². The molecule has 2 aliphatic rings. The fraction of sp³-hybridized carbons (Fsp3) is 0.650. The maximum absolute atomic E-state index is 12.0. The summed E-state index contributed by atoms with van der Waals surface area (Å²) in [6.07, 6.45) is 1.80. The highest BCUT2D eigenvalue weighted by molar-refractivity contribution is 5.88. The van der Waals surface area contributed by atoms with Crippen molar-refractivity contribution >= 4 is 17.9 Å². The number of carbonyl (C=O) groups excluding carboxylic acids is 3. The highest BCUT2D eigenvalue weighted by Crippen LogP contribution is 2.56. The van der Waals surface area contributed by atoms with Gasteiger partial charge in [0, 0.05) is 36.7 Å². The number of carbonyl (C=O) groups is 3. The topological polar surface area (TPSA) is 78.9 Å². The molecule has 0 aromatic rings. The van der Waals surface area contributed by atoms with Gasteiger partial charge in [-0.2, -0.15) is 0 Å². The van der Waals surface area contributed by atoms with Crippen LogP contribution < -0.4 is 0 Å². The van der Waals surface area contributed by atoms with E-state index in [0.29, 0.717) is 31.3 Å². The Labute approximate surface area is 154 Å². The molecule has 144 valence electrons. The fourth-order valence-electron chi connectivity index (χ4n) is 4.65. The van der Waals surface area contributed by atoms with Crippen LogP contribution in [-0.2, 0) is 28.6 Å². The van der Waals surface area contributed by atoms with Gasteiger partial charge in [-0.15, -0.1) is 0 Å². The molecular weight excluding hydrogens is 336 g/mol.